The van der Waals surface area contributed by atoms with Crippen molar-refractivity contribution in [2.75, 3.05) is 31.5 Å². The van der Waals surface area contributed by atoms with E-state index in [4.69, 9.17) is 0 Å². The van der Waals surface area contributed by atoms with Gasteiger partial charge in [-0.2, -0.15) is 0 Å². The van der Waals surface area contributed by atoms with E-state index in [1.807, 2.05) is 18.7 Å². The van der Waals surface area contributed by atoms with Gasteiger partial charge in [-0.15, -0.1) is 12.4 Å². The molecule has 1 aromatic carbocycles. The van der Waals surface area contributed by atoms with Crippen molar-refractivity contribution in [3.63, 3.8) is 0 Å². The number of hydrogen-bond acceptors (Lipinski definition) is 3. The van der Waals surface area contributed by atoms with Gasteiger partial charge < -0.3 is 20.9 Å². The molecule has 122 valence electrons. The quantitative estimate of drug-likeness (QED) is 0.791. The minimum Gasteiger partial charge on any atom is -0.336 e. The molecular formula is C15H23ClN4O2. The van der Waals surface area contributed by atoms with Crippen LogP contribution < -0.4 is 16.0 Å². The Morgan fingerprint density at radius 2 is 1.73 bits per heavy atom. The third-order valence-corrected chi connectivity index (χ3v) is 3.21. The van der Waals surface area contributed by atoms with Crippen LogP contribution in [0, 0.1) is 0 Å². The summed E-state index contributed by atoms with van der Waals surface area (Å²) in [6, 6.07) is 6.82. The second-order valence-corrected chi connectivity index (χ2v) is 5.37. The molecule has 1 fully saturated rings. The lowest BCUT2D eigenvalue weighted by molar-refractivity contribution is 0.0736. The van der Waals surface area contributed by atoms with Gasteiger partial charge in [0, 0.05) is 43.5 Å². The Kier molecular flexibility index (Phi) is 7.14. The Labute approximate surface area is 137 Å². The van der Waals surface area contributed by atoms with E-state index in [1.54, 1.807) is 24.3 Å². The van der Waals surface area contributed by atoms with Crippen LogP contribution in [0.25, 0.3) is 0 Å². The summed E-state index contributed by atoms with van der Waals surface area (Å²) in [5, 5.41) is 8.70. The SMILES string of the molecule is CC(C)NC(=O)Nc1ccc(C(=O)N2CCNCC2)cc1.Cl. The minimum atomic E-state index is -0.244. The maximum absolute atomic E-state index is 12.3. The van der Waals surface area contributed by atoms with E-state index >= 15 is 0 Å². The fourth-order valence-electron chi connectivity index (χ4n) is 2.18. The van der Waals surface area contributed by atoms with Gasteiger partial charge in [-0.25, -0.2) is 4.79 Å². The number of hydrogen-bond donors (Lipinski definition) is 3. The van der Waals surface area contributed by atoms with Gasteiger partial charge in [0.2, 0.25) is 0 Å². The molecule has 1 saturated heterocycles. The summed E-state index contributed by atoms with van der Waals surface area (Å²) in [5.41, 5.74) is 1.32. The standard InChI is InChI=1S/C15H22N4O2.ClH/c1-11(2)17-15(21)18-13-5-3-12(4-6-13)14(20)19-9-7-16-8-10-19;/h3-6,11,16H,7-10H2,1-2H3,(H2,17,18,21);1H. The molecule has 1 aliphatic rings. The van der Waals surface area contributed by atoms with E-state index in [-0.39, 0.29) is 30.4 Å². The zero-order valence-corrected chi connectivity index (χ0v) is 13.7. The fourth-order valence-corrected chi connectivity index (χ4v) is 2.18. The molecule has 1 heterocycles. The summed E-state index contributed by atoms with van der Waals surface area (Å²) < 4.78 is 0. The number of nitrogens with zero attached hydrogens (tertiary/aromatic N) is 1. The van der Waals surface area contributed by atoms with Crippen molar-refractivity contribution in [2.24, 2.45) is 0 Å². The van der Waals surface area contributed by atoms with Crippen LogP contribution in [0.15, 0.2) is 24.3 Å². The lowest BCUT2D eigenvalue weighted by atomic mass is 10.1. The van der Waals surface area contributed by atoms with Gasteiger partial charge in [0.05, 0.1) is 0 Å². The molecule has 0 aliphatic carbocycles. The van der Waals surface area contributed by atoms with Crippen LogP contribution in [-0.4, -0.2) is 49.1 Å². The van der Waals surface area contributed by atoms with E-state index in [9.17, 15) is 9.59 Å². The zero-order chi connectivity index (χ0) is 15.2. The molecule has 7 heteroatoms. The van der Waals surface area contributed by atoms with Gasteiger partial charge in [-0.05, 0) is 38.1 Å². The molecule has 0 radical (unpaired) electrons. The van der Waals surface area contributed by atoms with Gasteiger partial charge in [0.25, 0.3) is 5.91 Å². The Hall–Kier alpha value is -1.79. The van der Waals surface area contributed by atoms with Crippen molar-refractivity contribution in [2.45, 2.75) is 19.9 Å². The molecule has 0 spiro atoms. The van der Waals surface area contributed by atoms with Crippen LogP contribution in [0.2, 0.25) is 0 Å². The van der Waals surface area contributed by atoms with Crippen LogP contribution in [0.3, 0.4) is 0 Å². The van der Waals surface area contributed by atoms with Crippen molar-refractivity contribution in [1.29, 1.82) is 0 Å². The molecule has 3 amide bonds. The monoisotopic (exact) mass is 326 g/mol. The number of urea groups is 1. The Bertz CT molecular complexity index is 499. The Morgan fingerprint density at radius 3 is 2.27 bits per heavy atom. The molecule has 1 aliphatic heterocycles. The zero-order valence-electron chi connectivity index (χ0n) is 12.9. The van der Waals surface area contributed by atoms with E-state index < -0.39 is 0 Å². The first-order valence-electron chi connectivity index (χ1n) is 7.24. The van der Waals surface area contributed by atoms with E-state index in [1.165, 1.54) is 0 Å². The molecule has 22 heavy (non-hydrogen) atoms. The van der Waals surface area contributed by atoms with Crippen LogP contribution in [0.5, 0.6) is 0 Å². The van der Waals surface area contributed by atoms with Gasteiger partial charge in [0.1, 0.15) is 0 Å². The topological polar surface area (TPSA) is 73.5 Å². The van der Waals surface area contributed by atoms with Crippen LogP contribution in [0.1, 0.15) is 24.2 Å². The highest BCUT2D eigenvalue weighted by molar-refractivity contribution is 5.95. The number of halogens is 1. The highest BCUT2D eigenvalue weighted by Crippen LogP contribution is 2.12. The molecular weight excluding hydrogens is 304 g/mol. The lowest BCUT2D eigenvalue weighted by Crippen LogP contribution is -2.46. The highest BCUT2D eigenvalue weighted by Gasteiger charge is 2.17. The number of anilines is 1. The second kappa shape index (κ2) is 8.60. The first-order chi connectivity index (χ1) is 10.1. The highest BCUT2D eigenvalue weighted by atomic mass is 35.5. The third-order valence-electron chi connectivity index (χ3n) is 3.21. The number of amides is 3. The predicted octanol–water partition coefficient (Wildman–Crippen LogP) is 1.68. The Morgan fingerprint density at radius 1 is 1.14 bits per heavy atom. The third kappa shape index (κ3) is 5.20. The van der Waals surface area contributed by atoms with Crippen LogP contribution in [-0.2, 0) is 0 Å². The second-order valence-electron chi connectivity index (χ2n) is 5.37. The van der Waals surface area contributed by atoms with Crippen molar-refractivity contribution < 1.29 is 9.59 Å². The average molecular weight is 327 g/mol. The molecule has 0 aromatic heterocycles. The number of benzene rings is 1. The van der Waals surface area contributed by atoms with Gasteiger partial charge in [-0.1, -0.05) is 0 Å². The Balaban J connectivity index is 0.00000242. The number of nitrogens with one attached hydrogen (secondary N) is 3. The molecule has 3 N–H and O–H groups in total. The summed E-state index contributed by atoms with van der Waals surface area (Å²) in [4.78, 5) is 25.7. The summed E-state index contributed by atoms with van der Waals surface area (Å²) >= 11 is 0. The number of carbonyl (C=O) groups is 2. The van der Waals surface area contributed by atoms with Crippen LogP contribution >= 0.6 is 12.4 Å². The summed E-state index contributed by atoms with van der Waals surface area (Å²) in [6.45, 7) is 6.93. The molecule has 0 saturated carbocycles. The van der Waals surface area contributed by atoms with E-state index in [0.717, 1.165) is 26.2 Å². The summed E-state index contributed by atoms with van der Waals surface area (Å²) in [7, 11) is 0. The maximum atomic E-state index is 12.3. The van der Waals surface area contributed by atoms with E-state index in [2.05, 4.69) is 16.0 Å². The largest absolute Gasteiger partial charge is 0.336 e. The number of carbonyl (C=O) groups excluding carboxylic acids is 2. The molecule has 0 unspecified atom stereocenters. The lowest BCUT2D eigenvalue weighted by Gasteiger charge is -2.27. The minimum absolute atomic E-state index is 0. The average Bonchev–Trinajstić information content (AvgIpc) is 2.47. The van der Waals surface area contributed by atoms with Crippen LogP contribution in [0.4, 0.5) is 10.5 Å². The van der Waals surface area contributed by atoms with Crippen molar-refractivity contribution >= 4 is 30.0 Å². The maximum Gasteiger partial charge on any atom is 0.319 e. The molecule has 1 aromatic rings. The molecule has 6 nitrogen and oxygen atoms in total. The van der Waals surface area contributed by atoms with Gasteiger partial charge in [0.15, 0.2) is 0 Å². The molecule has 0 atom stereocenters. The van der Waals surface area contributed by atoms with Gasteiger partial charge >= 0.3 is 6.03 Å². The molecule has 0 bridgehead atoms. The van der Waals surface area contributed by atoms with E-state index in [0.29, 0.717) is 11.3 Å². The number of piperazine rings is 1. The first kappa shape index (κ1) is 18.3. The van der Waals surface area contributed by atoms with Gasteiger partial charge in [-0.3, -0.25) is 4.79 Å². The predicted molar refractivity (Wildman–Crippen MR) is 89.8 cm³/mol. The fraction of sp³-hybridized carbons (Fsp3) is 0.467. The molecule has 2 rings (SSSR count). The van der Waals surface area contributed by atoms with Crippen molar-refractivity contribution in [3.05, 3.63) is 29.8 Å². The van der Waals surface area contributed by atoms with Crippen molar-refractivity contribution in [3.8, 4) is 0 Å². The summed E-state index contributed by atoms with van der Waals surface area (Å²) in [5.74, 6) is 0.0367. The normalized spacial score (nSPS) is 14.2. The number of rotatable bonds is 3. The first-order valence-corrected chi connectivity index (χ1v) is 7.24. The summed E-state index contributed by atoms with van der Waals surface area (Å²) in [6.07, 6.45) is 0. The van der Waals surface area contributed by atoms with Crippen molar-refractivity contribution in [1.82, 2.24) is 15.5 Å². The smallest absolute Gasteiger partial charge is 0.319 e.